The molecule has 1 aliphatic heterocycles. The van der Waals surface area contributed by atoms with Gasteiger partial charge >= 0.3 is 6.36 Å². The molecule has 27 heavy (non-hydrogen) atoms. The first-order chi connectivity index (χ1) is 12.5. The van der Waals surface area contributed by atoms with Crippen LogP contribution >= 0.6 is 0 Å². The Bertz CT molecular complexity index is 742. The number of morpholine rings is 1. The SMILES string of the molecule is C[C@@H]1CN(C(=O)CCNS(=O)(=O)c2ccc(OC(F)(F)F)cc2)C[C@@H](C)O1. The Kier molecular flexibility index (Phi) is 6.71. The number of nitrogens with zero attached hydrogens (tertiary/aromatic N) is 1. The van der Waals surface area contributed by atoms with Crippen molar-refractivity contribution >= 4 is 15.9 Å². The van der Waals surface area contributed by atoms with Crippen molar-refractivity contribution in [3.05, 3.63) is 24.3 Å². The number of alkyl halides is 3. The minimum Gasteiger partial charge on any atom is -0.406 e. The number of carbonyl (C=O) groups excluding carboxylic acids is 1. The van der Waals surface area contributed by atoms with Gasteiger partial charge in [-0.1, -0.05) is 0 Å². The molecule has 1 aromatic rings. The average molecular weight is 410 g/mol. The summed E-state index contributed by atoms with van der Waals surface area (Å²) in [4.78, 5) is 13.6. The van der Waals surface area contributed by atoms with E-state index in [0.717, 1.165) is 24.3 Å². The van der Waals surface area contributed by atoms with Gasteiger partial charge in [0.2, 0.25) is 15.9 Å². The molecule has 0 saturated carbocycles. The van der Waals surface area contributed by atoms with Gasteiger partial charge in [-0.15, -0.1) is 13.2 Å². The number of nitrogens with one attached hydrogen (secondary N) is 1. The van der Waals surface area contributed by atoms with Crippen molar-refractivity contribution in [1.82, 2.24) is 9.62 Å². The molecule has 0 bridgehead atoms. The van der Waals surface area contributed by atoms with Crippen molar-refractivity contribution in [2.24, 2.45) is 0 Å². The number of ether oxygens (including phenoxy) is 2. The average Bonchev–Trinajstić information content (AvgIpc) is 2.52. The molecule has 0 radical (unpaired) electrons. The van der Waals surface area contributed by atoms with Crippen LogP contribution in [0.4, 0.5) is 13.2 Å². The molecule has 1 N–H and O–H groups in total. The van der Waals surface area contributed by atoms with Gasteiger partial charge in [0.25, 0.3) is 0 Å². The van der Waals surface area contributed by atoms with E-state index in [4.69, 9.17) is 4.74 Å². The summed E-state index contributed by atoms with van der Waals surface area (Å²) in [6, 6.07) is 3.81. The van der Waals surface area contributed by atoms with E-state index in [0.29, 0.717) is 13.1 Å². The summed E-state index contributed by atoms with van der Waals surface area (Å²) in [5.74, 6) is -0.721. The van der Waals surface area contributed by atoms with Crippen molar-refractivity contribution in [1.29, 1.82) is 0 Å². The highest BCUT2D eigenvalue weighted by Crippen LogP contribution is 2.23. The van der Waals surface area contributed by atoms with Crippen LogP contribution in [0.1, 0.15) is 20.3 Å². The molecule has 2 rings (SSSR count). The number of benzene rings is 1. The van der Waals surface area contributed by atoms with Crippen LogP contribution in [0.2, 0.25) is 0 Å². The van der Waals surface area contributed by atoms with Gasteiger partial charge in [0.1, 0.15) is 5.75 Å². The summed E-state index contributed by atoms with van der Waals surface area (Å²) in [5.41, 5.74) is 0. The zero-order valence-electron chi connectivity index (χ0n) is 14.8. The molecule has 1 saturated heterocycles. The number of halogens is 3. The summed E-state index contributed by atoms with van der Waals surface area (Å²) in [5, 5.41) is 0. The van der Waals surface area contributed by atoms with Crippen LogP contribution in [0.15, 0.2) is 29.2 Å². The molecule has 2 atom stereocenters. The van der Waals surface area contributed by atoms with E-state index in [2.05, 4.69) is 9.46 Å². The van der Waals surface area contributed by atoms with E-state index in [1.807, 2.05) is 13.8 Å². The second-order valence-electron chi connectivity index (χ2n) is 6.22. The fourth-order valence-electron chi connectivity index (χ4n) is 2.74. The molecule has 0 aromatic heterocycles. The van der Waals surface area contributed by atoms with E-state index in [1.165, 1.54) is 0 Å². The number of rotatable bonds is 6. The van der Waals surface area contributed by atoms with Crippen LogP contribution in [0.3, 0.4) is 0 Å². The zero-order valence-corrected chi connectivity index (χ0v) is 15.6. The molecule has 1 aliphatic rings. The maximum absolute atomic E-state index is 12.2. The largest absolute Gasteiger partial charge is 0.573 e. The standard InChI is InChI=1S/C16H21F3N2O5S/c1-11-9-21(10-12(2)25-11)15(22)7-8-20-27(23,24)14-5-3-13(4-6-14)26-16(17,18)19/h3-6,11-12,20H,7-10H2,1-2H3/t11-,12-/m1/s1. The summed E-state index contributed by atoms with van der Waals surface area (Å²) >= 11 is 0. The first kappa shape index (κ1) is 21.5. The number of amides is 1. The van der Waals surface area contributed by atoms with Crippen molar-refractivity contribution in [3.8, 4) is 5.75 Å². The Labute approximate surface area is 155 Å². The molecule has 1 aromatic carbocycles. The van der Waals surface area contributed by atoms with Gasteiger partial charge < -0.3 is 14.4 Å². The van der Waals surface area contributed by atoms with E-state index in [9.17, 15) is 26.4 Å². The monoisotopic (exact) mass is 410 g/mol. The fraction of sp³-hybridized carbons (Fsp3) is 0.562. The molecule has 0 unspecified atom stereocenters. The number of sulfonamides is 1. The van der Waals surface area contributed by atoms with E-state index >= 15 is 0 Å². The third-order valence-electron chi connectivity index (χ3n) is 3.77. The minimum atomic E-state index is -4.85. The molecule has 1 amide bonds. The molecule has 0 spiro atoms. The predicted octanol–water partition coefficient (Wildman–Crippen LogP) is 1.89. The fourth-order valence-corrected chi connectivity index (χ4v) is 3.77. The molecule has 1 heterocycles. The summed E-state index contributed by atoms with van der Waals surface area (Å²) < 4.78 is 72.2. The molecule has 7 nitrogen and oxygen atoms in total. The maximum Gasteiger partial charge on any atom is 0.573 e. The number of carbonyl (C=O) groups is 1. The van der Waals surface area contributed by atoms with Crippen LogP contribution in [0, 0.1) is 0 Å². The molecule has 1 fully saturated rings. The minimum absolute atomic E-state index is 0.0338. The molecule has 11 heteroatoms. The Morgan fingerprint density at radius 2 is 1.78 bits per heavy atom. The number of hydrogen-bond acceptors (Lipinski definition) is 5. The van der Waals surface area contributed by atoms with Crippen LogP contribution in [0.5, 0.6) is 5.75 Å². The topological polar surface area (TPSA) is 84.9 Å². The third-order valence-corrected chi connectivity index (χ3v) is 5.25. The quantitative estimate of drug-likeness (QED) is 0.774. The van der Waals surface area contributed by atoms with Crippen LogP contribution < -0.4 is 9.46 Å². The highest BCUT2D eigenvalue weighted by Gasteiger charge is 2.31. The Hall–Kier alpha value is -1.85. The van der Waals surface area contributed by atoms with Crippen LogP contribution in [0.25, 0.3) is 0 Å². The number of hydrogen-bond donors (Lipinski definition) is 1. The van der Waals surface area contributed by atoms with Gasteiger partial charge in [0.05, 0.1) is 17.1 Å². The van der Waals surface area contributed by atoms with Gasteiger partial charge in [-0.3, -0.25) is 4.79 Å². The normalized spacial score (nSPS) is 21.1. The second-order valence-corrected chi connectivity index (χ2v) is 7.99. The summed E-state index contributed by atoms with van der Waals surface area (Å²) in [7, 11) is -3.95. The van der Waals surface area contributed by atoms with E-state index in [1.54, 1.807) is 4.90 Å². The lowest BCUT2D eigenvalue weighted by Gasteiger charge is -2.35. The second kappa shape index (κ2) is 8.44. The summed E-state index contributed by atoms with van der Waals surface area (Å²) in [6.45, 7) is 4.46. The van der Waals surface area contributed by atoms with Crippen LogP contribution in [-0.4, -0.2) is 57.4 Å². The van der Waals surface area contributed by atoms with Crippen LogP contribution in [-0.2, 0) is 19.6 Å². The highest BCUT2D eigenvalue weighted by atomic mass is 32.2. The predicted molar refractivity (Wildman–Crippen MR) is 89.5 cm³/mol. The first-order valence-corrected chi connectivity index (χ1v) is 9.73. The van der Waals surface area contributed by atoms with Gasteiger partial charge in [-0.25, -0.2) is 13.1 Å². The van der Waals surface area contributed by atoms with Crippen molar-refractivity contribution in [2.75, 3.05) is 19.6 Å². The van der Waals surface area contributed by atoms with Gasteiger partial charge in [0.15, 0.2) is 0 Å². The maximum atomic E-state index is 12.2. The first-order valence-electron chi connectivity index (χ1n) is 8.25. The smallest absolute Gasteiger partial charge is 0.406 e. The Morgan fingerprint density at radius 1 is 1.22 bits per heavy atom. The van der Waals surface area contributed by atoms with E-state index in [-0.39, 0.29) is 36.0 Å². The van der Waals surface area contributed by atoms with Gasteiger partial charge in [-0.05, 0) is 38.1 Å². The molecule has 152 valence electrons. The van der Waals surface area contributed by atoms with Crippen molar-refractivity contribution in [3.63, 3.8) is 0 Å². The summed E-state index contributed by atoms with van der Waals surface area (Å²) in [6.07, 6.45) is -5.07. The van der Waals surface area contributed by atoms with Gasteiger partial charge in [0, 0.05) is 26.1 Å². The van der Waals surface area contributed by atoms with Crippen molar-refractivity contribution in [2.45, 2.75) is 43.7 Å². The zero-order chi connectivity index (χ0) is 20.2. The van der Waals surface area contributed by atoms with E-state index < -0.39 is 22.1 Å². The molecular weight excluding hydrogens is 389 g/mol. The third kappa shape index (κ3) is 6.67. The molecular formula is C16H21F3N2O5S. The lowest BCUT2D eigenvalue weighted by Crippen LogP contribution is -2.48. The van der Waals surface area contributed by atoms with Gasteiger partial charge in [-0.2, -0.15) is 0 Å². The Morgan fingerprint density at radius 3 is 2.30 bits per heavy atom. The van der Waals surface area contributed by atoms with Crippen molar-refractivity contribution < 1.29 is 35.9 Å². The molecule has 0 aliphatic carbocycles. The lowest BCUT2D eigenvalue weighted by atomic mass is 10.2. The lowest BCUT2D eigenvalue weighted by molar-refractivity contribution is -0.274. The highest BCUT2D eigenvalue weighted by molar-refractivity contribution is 7.89. The Balaban J connectivity index is 1.88.